The first-order chi connectivity index (χ1) is 18.3. The Kier molecular flexibility index (Phi) is 10.0. The van der Waals surface area contributed by atoms with Crippen molar-refractivity contribution in [3.8, 4) is 11.5 Å². The summed E-state index contributed by atoms with van der Waals surface area (Å²) in [5, 5.41) is 7.19. The van der Waals surface area contributed by atoms with Crippen LogP contribution in [0.4, 0.5) is 0 Å². The molecule has 13 heteroatoms. The summed E-state index contributed by atoms with van der Waals surface area (Å²) in [5.41, 5.74) is 4.81. The van der Waals surface area contributed by atoms with Gasteiger partial charge in [0.25, 0.3) is 21.0 Å². The average Bonchev–Trinajstić information content (AvgIpc) is 2.92. The largest absolute Gasteiger partial charge is 1.00 e. The number of para-hydroxylation sites is 2. The summed E-state index contributed by atoms with van der Waals surface area (Å²) in [6, 6.07) is 18.1. The van der Waals surface area contributed by atoms with Crippen LogP contribution in [-0.4, -0.2) is 27.2 Å². The average molecular weight is 561 g/mol. The second-order valence-electron chi connectivity index (χ2n) is 8.03. The van der Waals surface area contributed by atoms with Gasteiger partial charge in [-0.25, -0.2) is 0 Å². The van der Waals surface area contributed by atoms with Crippen LogP contribution in [-0.2, 0) is 23.2 Å². The van der Waals surface area contributed by atoms with E-state index in [0.717, 1.165) is 11.6 Å². The first-order valence-corrected chi connectivity index (χ1v) is 12.8. The number of hydrogen-bond acceptors (Lipinski definition) is 10. The van der Waals surface area contributed by atoms with Crippen molar-refractivity contribution < 1.29 is 53.4 Å². The Hall–Kier alpha value is -3.55. The number of nitrogens with one attached hydrogen (secondary N) is 2. The maximum Gasteiger partial charge on any atom is 1.00 e. The Balaban J connectivity index is 0.00000280. The van der Waals surface area contributed by atoms with E-state index in [4.69, 9.17) is 9.47 Å². The van der Waals surface area contributed by atoms with Crippen molar-refractivity contribution in [1.29, 1.82) is 0 Å². The van der Waals surface area contributed by atoms with Crippen molar-refractivity contribution in [1.82, 2.24) is 10.9 Å². The quantitative estimate of drug-likeness (QED) is 0.0915. The minimum atomic E-state index is -4.79. The molecule has 11 nitrogen and oxygen atoms in total. The zero-order valence-corrected chi connectivity index (χ0v) is 24.3. The zero-order valence-electron chi connectivity index (χ0n) is 22.5. The van der Waals surface area contributed by atoms with E-state index in [1.54, 1.807) is 48.5 Å². The number of nitrogens with zero attached hydrogens (tertiary/aromatic N) is 2. The number of benzene rings is 4. The molecule has 0 atom stereocenters. The molecule has 0 amide bonds. The Morgan fingerprint density at radius 1 is 0.769 bits per heavy atom. The van der Waals surface area contributed by atoms with E-state index in [-0.39, 0.29) is 60.2 Å². The molecule has 0 aliphatic carbocycles. The summed E-state index contributed by atoms with van der Waals surface area (Å²) in [6.45, 7) is 0.267. The molecule has 4 rings (SSSR count). The molecule has 4 aromatic rings. The summed E-state index contributed by atoms with van der Waals surface area (Å²) in [6.07, 6.45) is 0. The van der Waals surface area contributed by atoms with Gasteiger partial charge in [-0.15, -0.1) is 0 Å². The van der Waals surface area contributed by atoms with Gasteiger partial charge in [-0.05, 0) is 18.2 Å². The molecule has 0 spiro atoms. The summed E-state index contributed by atoms with van der Waals surface area (Å²) in [7, 11) is -1.76. The van der Waals surface area contributed by atoms with Crippen LogP contribution in [0.1, 0.15) is 12.6 Å². The van der Waals surface area contributed by atoms with Gasteiger partial charge in [0.05, 0.1) is 27.3 Å². The summed E-state index contributed by atoms with van der Waals surface area (Å²) >= 11 is 0. The molecule has 0 aromatic heterocycles. The molecule has 0 aliphatic heterocycles. The molecule has 0 bridgehead atoms. The van der Waals surface area contributed by atoms with Crippen LogP contribution in [0.5, 0.6) is 11.5 Å². The fraction of sp³-hybridized carbons (Fsp3) is 0.154. The van der Waals surface area contributed by atoms with Crippen LogP contribution in [0.25, 0.3) is 10.8 Å². The topological polar surface area (TPSA) is 156 Å². The normalized spacial score (nSPS) is 12.2. The predicted octanol–water partition coefficient (Wildman–Crippen LogP) is -1.97. The van der Waals surface area contributed by atoms with Gasteiger partial charge in [0.1, 0.15) is 27.1 Å². The smallest absolute Gasteiger partial charge is 1.00 e. The molecule has 0 fully saturated rings. The molecule has 0 heterocycles. The van der Waals surface area contributed by atoms with Crippen molar-refractivity contribution >= 4 is 20.9 Å². The fourth-order valence-corrected chi connectivity index (χ4v) is 4.68. The van der Waals surface area contributed by atoms with E-state index in [1.807, 2.05) is 0 Å². The first kappa shape index (κ1) is 30.0. The van der Waals surface area contributed by atoms with Gasteiger partial charge in [-0.1, -0.05) is 48.5 Å². The molecule has 0 saturated carbocycles. The molecule has 0 radical (unpaired) electrons. The standard InChI is InChI=1S/C26H24N4O7S.Na.H/c1-36-19-11-5-3-8-16(19)14-27-29-23-18-10-7-13-21(38(33,34)35)22(18)24(26(32)25(23)31)30-28-15-17-9-4-6-12-20(17)37-2;;/h3-13,27-28H,14-15H2,1-2H3,(H,33,34,35);;/q;+1;-1. The van der Waals surface area contributed by atoms with Crippen molar-refractivity contribution in [2.24, 2.45) is 10.2 Å². The third-order valence-corrected chi connectivity index (χ3v) is 6.63. The molecule has 4 aromatic carbocycles. The predicted molar refractivity (Wildman–Crippen MR) is 141 cm³/mol. The SMILES string of the molecule is COc1ccccc1CNN=c1c(=O)c(=O)c(=NNCc2ccccc2OC)c2c(S(=O)(=O)O)cccc12.[H-].[Na+]. The first-order valence-electron chi connectivity index (χ1n) is 11.3. The van der Waals surface area contributed by atoms with Crippen molar-refractivity contribution in [2.45, 2.75) is 18.0 Å². The monoisotopic (exact) mass is 560 g/mol. The van der Waals surface area contributed by atoms with Crippen molar-refractivity contribution in [3.63, 3.8) is 0 Å². The fourth-order valence-electron chi connectivity index (χ4n) is 3.96. The van der Waals surface area contributed by atoms with Gasteiger partial charge in [-0.3, -0.25) is 14.1 Å². The van der Waals surface area contributed by atoms with Gasteiger partial charge < -0.3 is 21.8 Å². The van der Waals surface area contributed by atoms with Gasteiger partial charge in [0.15, 0.2) is 0 Å². The number of methoxy groups -OCH3 is 2. The van der Waals surface area contributed by atoms with Gasteiger partial charge >= 0.3 is 29.6 Å². The van der Waals surface area contributed by atoms with Crippen LogP contribution in [0.3, 0.4) is 0 Å². The number of rotatable bonds is 9. The Morgan fingerprint density at radius 2 is 1.26 bits per heavy atom. The zero-order chi connectivity index (χ0) is 27.3. The summed E-state index contributed by atoms with van der Waals surface area (Å²) in [5.74, 6) is 1.16. The Bertz CT molecular complexity index is 1840. The molecule has 0 saturated heterocycles. The molecule has 0 aliphatic rings. The van der Waals surface area contributed by atoms with Crippen LogP contribution in [0, 0.1) is 0 Å². The minimum absolute atomic E-state index is 0. The van der Waals surface area contributed by atoms with E-state index < -0.39 is 31.2 Å². The van der Waals surface area contributed by atoms with Gasteiger partial charge in [0.2, 0.25) is 0 Å². The van der Waals surface area contributed by atoms with Gasteiger partial charge in [0, 0.05) is 21.9 Å². The molecule has 198 valence electrons. The Labute approximate surface area is 247 Å². The second kappa shape index (κ2) is 13.0. The number of fused-ring (bicyclic) bond motifs is 1. The van der Waals surface area contributed by atoms with E-state index in [9.17, 15) is 22.6 Å². The van der Waals surface area contributed by atoms with Gasteiger partial charge in [-0.2, -0.15) is 18.6 Å². The minimum Gasteiger partial charge on any atom is -1.00 e. The van der Waals surface area contributed by atoms with Crippen LogP contribution in [0.15, 0.2) is 91.4 Å². The maximum atomic E-state index is 13.1. The third-order valence-electron chi connectivity index (χ3n) is 5.74. The number of hydrogen-bond donors (Lipinski definition) is 3. The summed E-state index contributed by atoms with van der Waals surface area (Å²) in [4.78, 5) is 25.6. The van der Waals surface area contributed by atoms with Crippen LogP contribution < -0.4 is 71.5 Å². The van der Waals surface area contributed by atoms with Crippen LogP contribution in [0.2, 0.25) is 0 Å². The maximum absolute atomic E-state index is 13.1. The molecular formula is C26H25N4NaO7S. The van der Waals surface area contributed by atoms with E-state index in [2.05, 4.69) is 21.1 Å². The molecular weight excluding hydrogens is 535 g/mol. The van der Waals surface area contributed by atoms with E-state index in [1.165, 1.54) is 26.4 Å². The summed E-state index contributed by atoms with van der Waals surface area (Å²) < 4.78 is 44.8. The third kappa shape index (κ3) is 6.54. The van der Waals surface area contributed by atoms with Crippen LogP contribution >= 0.6 is 0 Å². The molecule has 0 unspecified atom stereocenters. The van der Waals surface area contributed by atoms with E-state index >= 15 is 0 Å². The molecule has 39 heavy (non-hydrogen) atoms. The second-order valence-corrected chi connectivity index (χ2v) is 9.42. The van der Waals surface area contributed by atoms with Crippen molar-refractivity contribution in [2.75, 3.05) is 14.2 Å². The number of ether oxygens (including phenoxy) is 2. The Morgan fingerprint density at radius 3 is 1.77 bits per heavy atom. The van der Waals surface area contributed by atoms with Crippen molar-refractivity contribution in [3.05, 3.63) is 109 Å². The molecule has 3 N–H and O–H groups in total. The van der Waals surface area contributed by atoms with E-state index in [0.29, 0.717) is 17.1 Å².